The van der Waals surface area contributed by atoms with Crippen molar-refractivity contribution in [2.45, 2.75) is 32.6 Å². The standard InChI is InChI=1S/C18H26ClFN2O2/c1-14-4-2-9-22(13-14)10-3-8-21-18(23)7-11-24-17-6-5-15(20)12-16(17)19/h5-6,12,14H,2-4,7-11,13H2,1H3,(H,21,23). The minimum Gasteiger partial charge on any atom is -0.491 e. The number of benzene rings is 1. The average Bonchev–Trinajstić information content (AvgIpc) is 2.54. The summed E-state index contributed by atoms with van der Waals surface area (Å²) in [7, 11) is 0. The minimum atomic E-state index is -0.409. The number of carbonyl (C=O) groups is 1. The van der Waals surface area contributed by atoms with Crippen LogP contribution in [0.2, 0.25) is 5.02 Å². The Balaban J connectivity index is 1.55. The van der Waals surface area contributed by atoms with Crippen molar-refractivity contribution >= 4 is 17.5 Å². The smallest absolute Gasteiger partial charge is 0.223 e. The van der Waals surface area contributed by atoms with Crippen molar-refractivity contribution in [3.8, 4) is 5.75 Å². The van der Waals surface area contributed by atoms with Gasteiger partial charge in [0.2, 0.25) is 5.91 Å². The molecule has 134 valence electrons. The average molecular weight is 357 g/mol. The summed E-state index contributed by atoms with van der Waals surface area (Å²) in [5, 5.41) is 3.12. The predicted octanol–water partition coefficient (Wildman–Crippen LogP) is 3.49. The quantitative estimate of drug-likeness (QED) is 0.725. The highest BCUT2D eigenvalue weighted by molar-refractivity contribution is 6.32. The van der Waals surface area contributed by atoms with Crippen molar-refractivity contribution in [1.29, 1.82) is 0 Å². The van der Waals surface area contributed by atoms with E-state index in [1.807, 2.05) is 0 Å². The first-order valence-corrected chi connectivity index (χ1v) is 8.99. The van der Waals surface area contributed by atoms with E-state index in [4.69, 9.17) is 16.3 Å². The van der Waals surface area contributed by atoms with Gasteiger partial charge >= 0.3 is 0 Å². The molecule has 1 heterocycles. The molecule has 1 aromatic carbocycles. The van der Waals surface area contributed by atoms with Crippen LogP contribution in [0.1, 0.15) is 32.6 Å². The van der Waals surface area contributed by atoms with Crippen molar-refractivity contribution in [3.63, 3.8) is 0 Å². The first kappa shape index (κ1) is 19.0. The Hall–Kier alpha value is -1.33. The number of nitrogens with zero attached hydrogens (tertiary/aromatic N) is 1. The van der Waals surface area contributed by atoms with Crippen molar-refractivity contribution in [2.75, 3.05) is 32.8 Å². The van der Waals surface area contributed by atoms with Crippen molar-refractivity contribution in [2.24, 2.45) is 5.92 Å². The lowest BCUT2D eigenvalue weighted by Crippen LogP contribution is -2.36. The zero-order valence-corrected chi connectivity index (χ0v) is 14.9. The van der Waals surface area contributed by atoms with Crippen molar-refractivity contribution in [1.82, 2.24) is 10.2 Å². The van der Waals surface area contributed by atoms with Gasteiger partial charge in [-0.05, 0) is 56.5 Å². The van der Waals surface area contributed by atoms with Crippen LogP contribution >= 0.6 is 11.6 Å². The van der Waals surface area contributed by atoms with Gasteiger partial charge in [-0.2, -0.15) is 0 Å². The number of hydrogen-bond donors (Lipinski definition) is 1. The number of amides is 1. The van der Waals surface area contributed by atoms with Crippen LogP contribution in [0.4, 0.5) is 4.39 Å². The highest BCUT2D eigenvalue weighted by Gasteiger charge is 2.15. The lowest BCUT2D eigenvalue weighted by Gasteiger charge is -2.30. The number of ether oxygens (including phenoxy) is 1. The SMILES string of the molecule is CC1CCCN(CCCNC(=O)CCOc2ccc(F)cc2Cl)C1. The predicted molar refractivity (Wildman–Crippen MR) is 94.0 cm³/mol. The van der Waals surface area contributed by atoms with E-state index < -0.39 is 5.82 Å². The Kier molecular flexibility index (Phi) is 7.79. The molecule has 6 heteroatoms. The van der Waals surface area contributed by atoms with E-state index in [0.29, 0.717) is 12.3 Å². The molecule has 0 bridgehead atoms. The molecule has 1 aliphatic heterocycles. The first-order chi connectivity index (χ1) is 11.5. The van der Waals surface area contributed by atoms with Crippen LogP contribution in [-0.2, 0) is 4.79 Å². The molecule has 1 aromatic rings. The molecule has 1 amide bonds. The molecule has 4 nitrogen and oxygen atoms in total. The summed E-state index contributed by atoms with van der Waals surface area (Å²) in [6.07, 6.45) is 3.82. The summed E-state index contributed by atoms with van der Waals surface area (Å²) in [5.41, 5.74) is 0. The normalized spacial score (nSPS) is 18.4. The van der Waals surface area contributed by atoms with E-state index >= 15 is 0 Å². The molecular formula is C18H26ClFN2O2. The number of nitrogens with one attached hydrogen (secondary N) is 1. The van der Waals surface area contributed by atoms with Gasteiger partial charge in [-0.1, -0.05) is 18.5 Å². The summed E-state index contributed by atoms with van der Waals surface area (Å²) in [6, 6.07) is 3.94. The number of rotatable bonds is 8. The minimum absolute atomic E-state index is 0.0414. The maximum Gasteiger partial charge on any atom is 0.223 e. The van der Waals surface area contributed by atoms with E-state index in [1.165, 1.54) is 44.1 Å². The molecule has 0 radical (unpaired) electrons. The summed E-state index contributed by atoms with van der Waals surface area (Å²) >= 11 is 5.86. The van der Waals surface area contributed by atoms with Crippen LogP contribution < -0.4 is 10.1 Å². The molecule has 0 spiro atoms. The third-order valence-electron chi connectivity index (χ3n) is 4.20. The Morgan fingerprint density at radius 3 is 3.08 bits per heavy atom. The number of piperidine rings is 1. The van der Waals surface area contributed by atoms with E-state index in [9.17, 15) is 9.18 Å². The maximum absolute atomic E-state index is 12.9. The van der Waals surface area contributed by atoms with E-state index in [-0.39, 0.29) is 24.0 Å². The van der Waals surface area contributed by atoms with Crippen molar-refractivity contribution in [3.05, 3.63) is 29.0 Å². The number of carbonyl (C=O) groups excluding carboxylic acids is 1. The van der Waals surface area contributed by atoms with Crippen LogP contribution in [0.5, 0.6) is 5.75 Å². The van der Waals surface area contributed by atoms with Crippen LogP contribution in [0.25, 0.3) is 0 Å². The molecule has 2 rings (SSSR count). The molecule has 0 aromatic heterocycles. The van der Waals surface area contributed by atoms with E-state index in [2.05, 4.69) is 17.1 Å². The van der Waals surface area contributed by atoms with Crippen LogP contribution in [0.3, 0.4) is 0 Å². The zero-order chi connectivity index (χ0) is 17.4. The van der Waals surface area contributed by atoms with Gasteiger partial charge in [-0.25, -0.2) is 4.39 Å². The molecule has 24 heavy (non-hydrogen) atoms. The number of hydrogen-bond acceptors (Lipinski definition) is 3. The number of likely N-dealkylation sites (tertiary alicyclic amines) is 1. The highest BCUT2D eigenvalue weighted by atomic mass is 35.5. The Bertz CT molecular complexity index is 542. The van der Waals surface area contributed by atoms with E-state index in [1.54, 1.807) is 0 Å². The lowest BCUT2D eigenvalue weighted by molar-refractivity contribution is -0.121. The fourth-order valence-corrected chi connectivity index (χ4v) is 3.18. The lowest BCUT2D eigenvalue weighted by atomic mass is 10.0. The molecular weight excluding hydrogens is 331 g/mol. The fourth-order valence-electron chi connectivity index (χ4n) is 2.95. The highest BCUT2D eigenvalue weighted by Crippen LogP contribution is 2.24. The van der Waals surface area contributed by atoms with Gasteiger partial charge in [-0.3, -0.25) is 4.79 Å². The monoisotopic (exact) mass is 356 g/mol. The molecule has 1 atom stereocenters. The topological polar surface area (TPSA) is 41.6 Å². The summed E-state index contributed by atoms with van der Waals surface area (Å²) in [6.45, 7) is 6.57. The third-order valence-corrected chi connectivity index (χ3v) is 4.49. The molecule has 0 saturated carbocycles. The largest absolute Gasteiger partial charge is 0.491 e. The second-order valence-corrected chi connectivity index (χ2v) is 6.83. The molecule has 1 saturated heterocycles. The van der Waals surface area contributed by atoms with Gasteiger partial charge in [0.1, 0.15) is 11.6 Å². The number of halogens is 2. The third kappa shape index (κ3) is 6.65. The second-order valence-electron chi connectivity index (χ2n) is 6.42. The van der Waals surface area contributed by atoms with Crippen LogP contribution in [0, 0.1) is 11.7 Å². The zero-order valence-electron chi connectivity index (χ0n) is 14.2. The summed E-state index contributed by atoms with van der Waals surface area (Å²) in [4.78, 5) is 14.2. The van der Waals surface area contributed by atoms with Gasteiger partial charge in [0.25, 0.3) is 0 Å². The Morgan fingerprint density at radius 2 is 2.33 bits per heavy atom. The van der Waals surface area contributed by atoms with Crippen molar-refractivity contribution < 1.29 is 13.9 Å². The van der Waals surface area contributed by atoms with Gasteiger partial charge in [-0.15, -0.1) is 0 Å². The second kappa shape index (κ2) is 9.84. The molecule has 1 unspecified atom stereocenters. The van der Waals surface area contributed by atoms with E-state index in [0.717, 1.165) is 18.9 Å². The van der Waals surface area contributed by atoms with Gasteiger partial charge in [0.05, 0.1) is 18.1 Å². The van der Waals surface area contributed by atoms with Gasteiger partial charge < -0.3 is 15.0 Å². The fraction of sp³-hybridized carbons (Fsp3) is 0.611. The molecule has 1 aliphatic rings. The summed E-state index contributed by atoms with van der Waals surface area (Å²) < 4.78 is 18.3. The van der Waals surface area contributed by atoms with Gasteiger partial charge in [0.15, 0.2) is 0 Å². The van der Waals surface area contributed by atoms with Crippen LogP contribution in [-0.4, -0.2) is 43.6 Å². The Morgan fingerprint density at radius 1 is 1.50 bits per heavy atom. The summed E-state index contributed by atoms with van der Waals surface area (Å²) in [5.74, 6) is 0.724. The maximum atomic E-state index is 12.9. The first-order valence-electron chi connectivity index (χ1n) is 8.61. The Labute approximate surface area is 148 Å². The molecule has 0 aliphatic carbocycles. The van der Waals surface area contributed by atoms with Crippen LogP contribution in [0.15, 0.2) is 18.2 Å². The molecule has 1 fully saturated rings. The molecule has 1 N–H and O–H groups in total. The van der Waals surface area contributed by atoms with Gasteiger partial charge in [0, 0.05) is 13.1 Å².